The smallest absolute Gasteiger partial charge is 0.149 e. The van der Waals surface area contributed by atoms with Crippen LogP contribution in [0, 0.1) is 5.92 Å². The standard InChI is InChI=1S/C10H19NO/c1-3-8(2)11-7-10(12)9-5-4-6-9/h8-9,11H,3-7H2,1-2H3. The van der Waals surface area contributed by atoms with Crippen LogP contribution in [0.3, 0.4) is 0 Å². The highest BCUT2D eigenvalue weighted by Gasteiger charge is 2.24. The Hall–Kier alpha value is -0.370. The Labute approximate surface area is 74.7 Å². The molecule has 0 radical (unpaired) electrons. The molecule has 1 unspecified atom stereocenters. The number of rotatable bonds is 5. The second kappa shape index (κ2) is 4.61. The molecule has 1 aliphatic rings. The molecule has 0 aliphatic heterocycles. The van der Waals surface area contributed by atoms with Crippen molar-refractivity contribution in [3.63, 3.8) is 0 Å². The Balaban J connectivity index is 2.09. The van der Waals surface area contributed by atoms with Crippen LogP contribution in [-0.4, -0.2) is 18.4 Å². The van der Waals surface area contributed by atoms with Gasteiger partial charge in [-0.2, -0.15) is 0 Å². The number of carbonyl (C=O) groups is 1. The van der Waals surface area contributed by atoms with Crippen molar-refractivity contribution >= 4 is 5.78 Å². The maximum absolute atomic E-state index is 11.4. The highest BCUT2D eigenvalue weighted by Crippen LogP contribution is 2.26. The molecule has 0 bridgehead atoms. The Morgan fingerprint density at radius 2 is 2.25 bits per heavy atom. The number of Topliss-reactive ketones (excluding diaryl/α,β-unsaturated/α-hetero) is 1. The molecule has 0 aromatic rings. The van der Waals surface area contributed by atoms with Gasteiger partial charge in [0.25, 0.3) is 0 Å². The lowest BCUT2D eigenvalue weighted by Crippen LogP contribution is -2.36. The van der Waals surface area contributed by atoms with Crippen molar-refractivity contribution in [3.8, 4) is 0 Å². The van der Waals surface area contributed by atoms with Crippen molar-refractivity contribution in [1.29, 1.82) is 0 Å². The monoisotopic (exact) mass is 169 g/mol. The van der Waals surface area contributed by atoms with E-state index in [1.807, 2.05) is 0 Å². The zero-order valence-electron chi connectivity index (χ0n) is 8.10. The van der Waals surface area contributed by atoms with Crippen LogP contribution in [0.25, 0.3) is 0 Å². The van der Waals surface area contributed by atoms with E-state index in [9.17, 15) is 4.79 Å². The highest BCUT2D eigenvalue weighted by molar-refractivity contribution is 5.83. The minimum absolute atomic E-state index is 0.390. The minimum atomic E-state index is 0.390. The Morgan fingerprint density at radius 3 is 2.67 bits per heavy atom. The minimum Gasteiger partial charge on any atom is -0.308 e. The molecule has 0 aromatic heterocycles. The van der Waals surface area contributed by atoms with Gasteiger partial charge in [0.2, 0.25) is 0 Å². The molecule has 0 amide bonds. The summed E-state index contributed by atoms with van der Waals surface area (Å²) >= 11 is 0. The van der Waals surface area contributed by atoms with E-state index in [2.05, 4.69) is 19.2 Å². The SMILES string of the molecule is CCC(C)NCC(=O)C1CCC1. The summed E-state index contributed by atoms with van der Waals surface area (Å²) in [6.07, 6.45) is 4.60. The number of nitrogens with one attached hydrogen (secondary N) is 1. The summed E-state index contributed by atoms with van der Waals surface area (Å²) in [6, 6.07) is 0.481. The fraction of sp³-hybridized carbons (Fsp3) is 0.900. The summed E-state index contributed by atoms with van der Waals surface area (Å²) in [7, 11) is 0. The van der Waals surface area contributed by atoms with Crippen molar-refractivity contribution in [2.45, 2.75) is 45.6 Å². The second-order valence-electron chi connectivity index (χ2n) is 3.78. The lowest BCUT2D eigenvalue weighted by molar-refractivity contribution is -0.124. The molecule has 0 aromatic carbocycles. The first-order valence-electron chi connectivity index (χ1n) is 5.00. The average Bonchev–Trinajstić information content (AvgIpc) is 1.97. The fourth-order valence-corrected chi connectivity index (χ4v) is 1.29. The van der Waals surface area contributed by atoms with Crippen LogP contribution in [0.15, 0.2) is 0 Å². The first-order valence-corrected chi connectivity index (χ1v) is 5.00. The summed E-state index contributed by atoms with van der Waals surface area (Å²) in [6.45, 7) is 4.83. The molecule has 2 heteroatoms. The average molecular weight is 169 g/mol. The Kier molecular flexibility index (Phi) is 3.73. The first kappa shape index (κ1) is 9.72. The lowest BCUT2D eigenvalue weighted by Gasteiger charge is -2.24. The van der Waals surface area contributed by atoms with Gasteiger partial charge in [-0.05, 0) is 26.2 Å². The molecule has 1 N–H and O–H groups in total. The maximum atomic E-state index is 11.4. The molecule has 0 spiro atoms. The zero-order chi connectivity index (χ0) is 8.97. The second-order valence-corrected chi connectivity index (χ2v) is 3.78. The molecule has 0 saturated heterocycles. The van der Waals surface area contributed by atoms with Crippen molar-refractivity contribution in [2.24, 2.45) is 5.92 Å². The van der Waals surface area contributed by atoms with Crippen LogP contribution in [-0.2, 0) is 4.79 Å². The van der Waals surface area contributed by atoms with E-state index >= 15 is 0 Å². The summed E-state index contributed by atoms with van der Waals surface area (Å²) in [4.78, 5) is 11.4. The maximum Gasteiger partial charge on any atom is 0.149 e. The molecular weight excluding hydrogens is 150 g/mol. The van der Waals surface area contributed by atoms with Crippen molar-refractivity contribution in [1.82, 2.24) is 5.32 Å². The number of ketones is 1. The van der Waals surface area contributed by atoms with Crippen LogP contribution in [0.2, 0.25) is 0 Å². The van der Waals surface area contributed by atoms with Crippen LogP contribution in [0.4, 0.5) is 0 Å². The third kappa shape index (κ3) is 2.59. The number of hydrogen-bond acceptors (Lipinski definition) is 2. The van der Waals surface area contributed by atoms with Gasteiger partial charge in [0, 0.05) is 12.0 Å². The van der Waals surface area contributed by atoms with Crippen LogP contribution in [0.1, 0.15) is 39.5 Å². The van der Waals surface area contributed by atoms with Gasteiger partial charge in [-0.15, -0.1) is 0 Å². The van der Waals surface area contributed by atoms with Gasteiger partial charge in [-0.1, -0.05) is 13.3 Å². The van der Waals surface area contributed by atoms with Gasteiger partial charge < -0.3 is 5.32 Å². The molecule has 70 valence electrons. The molecule has 1 aliphatic carbocycles. The molecule has 1 fully saturated rings. The summed E-state index contributed by atoms with van der Waals surface area (Å²) < 4.78 is 0. The summed E-state index contributed by atoms with van der Waals surface area (Å²) in [5.41, 5.74) is 0. The zero-order valence-corrected chi connectivity index (χ0v) is 8.10. The predicted octanol–water partition coefficient (Wildman–Crippen LogP) is 1.74. The van der Waals surface area contributed by atoms with Crippen molar-refractivity contribution < 1.29 is 4.79 Å². The topological polar surface area (TPSA) is 29.1 Å². The number of hydrogen-bond donors (Lipinski definition) is 1. The van der Waals surface area contributed by atoms with Gasteiger partial charge in [0.15, 0.2) is 0 Å². The first-order chi connectivity index (χ1) is 5.74. The molecule has 1 rings (SSSR count). The largest absolute Gasteiger partial charge is 0.308 e. The normalized spacial score (nSPS) is 20.2. The van der Waals surface area contributed by atoms with Gasteiger partial charge in [0.05, 0.1) is 6.54 Å². The van der Waals surface area contributed by atoms with E-state index in [1.165, 1.54) is 6.42 Å². The van der Waals surface area contributed by atoms with Crippen molar-refractivity contribution in [3.05, 3.63) is 0 Å². The van der Waals surface area contributed by atoms with Gasteiger partial charge in [-0.3, -0.25) is 4.79 Å². The van der Waals surface area contributed by atoms with E-state index in [1.54, 1.807) is 0 Å². The van der Waals surface area contributed by atoms with E-state index in [4.69, 9.17) is 0 Å². The summed E-state index contributed by atoms with van der Waals surface area (Å²) in [5, 5.41) is 3.23. The van der Waals surface area contributed by atoms with Gasteiger partial charge >= 0.3 is 0 Å². The van der Waals surface area contributed by atoms with E-state index in [0.29, 0.717) is 24.3 Å². The molecule has 12 heavy (non-hydrogen) atoms. The Bertz CT molecular complexity index is 152. The van der Waals surface area contributed by atoms with E-state index in [0.717, 1.165) is 19.3 Å². The molecular formula is C10H19NO. The third-order valence-corrected chi connectivity index (χ3v) is 2.80. The lowest BCUT2D eigenvalue weighted by atomic mass is 9.82. The van der Waals surface area contributed by atoms with E-state index < -0.39 is 0 Å². The molecule has 1 saturated carbocycles. The van der Waals surface area contributed by atoms with E-state index in [-0.39, 0.29) is 0 Å². The molecule has 1 atom stereocenters. The highest BCUT2D eigenvalue weighted by atomic mass is 16.1. The van der Waals surface area contributed by atoms with Gasteiger partial charge in [0.1, 0.15) is 5.78 Å². The van der Waals surface area contributed by atoms with Gasteiger partial charge in [-0.25, -0.2) is 0 Å². The Morgan fingerprint density at radius 1 is 1.58 bits per heavy atom. The fourth-order valence-electron chi connectivity index (χ4n) is 1.29. The third-order valence-electron chi connectivity index (χ3n) is 2.80. The molecule has 0 heterocycles. The number of carbonyl (C=O) groups excluding carboxylic acids is 1. The van der Waals surface area contributed by atoms with Crippen LogP contribution < -0.4 is 5.32 Å². The molecule has 2 nitrogen and oxygen atoms in total. The quantitative estimate of drug-likeness (QED) is 0.679. The van der Waals surface area contributed by atoms with Crippen LogP contribution in [0.5, 0.6) is 0 Å². The van der Waals surface area contributed by atoms with Crippen molar-refractivity contribution in [2.75, 3.05) is 6.54 Å². The predicted molar refractivity (Wildman–Crippen MR) is 50.1 cm³/mol. The van der Waals surface area contributed by atoms with Crippen LogP contribution >= 0.6 is 0 Å². The summed E-state index contributed by atoms with van der Waals surface area (Å²) in [5.74, 6) is 0.808.